The quantitative estimate of drug-likeness (QED) is 0.136. The molecule has 1 heterocycles. The van der Waals surface area contributed by atoms with Gasteiger partial charge in [-0.05, 0) is 115 Å². The Morgan fingerprint density at radius 3 is 1.37 bits per heavy atom. The third-order valence-electron chi connectivity index (χ3n) is 14.2. The molecule has 2 fully saturated rings. The SMILES string of the molecule is CC[C@@H]1CC2(c3ccc(-c4nc(-c5ccc(-c6c7ccccc7c(-c7ccc(C#N)cc7)c7ccccc67)cc5)nc(-c5cccc(-c6ccccc6)c5)n4)cc3)C[C@H](CC)C12. The van der Waals surface area contributed by atoms with E-state index in [9.17, 15) is 5.26 Å². The molecule has 2 saturated carbocycles. The van der Waals surface area contributed by atoms with Gasteiger partial charge in [0.2, 0.25) is 0 Å². The number of aromatic nitrogens is 3. The van der Waals surface area contributed by atoms with Gasteiger partial charge in [-0.15, -0.1) is 0 Å². The van der Waals surface area contributed by atoms with E-state index in [0.29, 0.717) is 28.5 Å². The molecular formula is C58H46N4. The summed E-state index contributed by atoms with van der Waals surface area (Å²) in [4.78, 5) is 15.6. The molecule has 298 valence electrons. The summed E-state index contributed by atoms with van der Waals surface area (Å²) in [7, 11) is 0. The van der Waals surface area contributed by atoms with Crippen LogP contribution in [0, 0.1) is 29.1 Å². The summed E-state index contributed by atoms with van der Waals surface area (Å²) in [6, 6.07) is 64.4. The fourth-order valence-corrected chi connectivity index (χ4v) is 11.2. The first kappa shape index (κ1) is 37.8. The van der Waals surface area contributed by atoms with Crippen LogP contribution in [0.1, 0.15) is 50.7 Å². The van der Waals surface area contributed by atoms with Gasteiger partial charge >= 0.3 is 0 Å². The van der Waals surface area contributed by atoms with E-state index in [4.69, 9.17) is 15.0 Å². The number of hydrogen-bond donors (Lipinski definition) is 0. The lowest BCUT2D eigenvalue weighted by Gasteiger charge is -2.68. The second-order valence-electron chi connectivity index (χ2n) is 17.4. The third-order valence-corrected chi connectivity index (χ3v) is 14.2. The standard InChI is InChI=1S/C58H46N4/c1-3-38-34-58(35-39(4-2)54(38)58)47-31-29-44(30-32-47)56-60-55(61-57(62-56)46-16-12-15-45(33-46)40-13-6-5-7-14-40)43-27-25-42(26-28-43)53-50-19-10-8-17-48(50)52(49-18-9-11-20-51(49)53)41-23-21-37(36-59)22-24-41/h5-33,38-39,54H,3-4,34-35H2,1-2H3/t38-,39+,54?,58?. The van der Waals surface area contributed by atoms with Crippen LogP contribution in [0.5, 0.6) is 0 Å². The van der Waals surface area contributed by atoms with E-state index < -0.39 is 0 Å². The Labute approximate surface area is 363 Å². The predicted octanol–water partition coefficient (Wildman–Crippen LogP) is 14.8. The van der Waals surface area contributed by atoms with Gasteiger partial charge in [0.05, 0.1) is 11.6 Å². The summed E-state index contributed by atoms with van der Waals surface area (Å²) in [5.74, 6) is 4.49. The van der Waals surface area contributed by atoms with Gasteiger partial charge < -0.3 is 0 Å². The lowest BCUT2D eigenvalue weighted by atomic mass is 9.36. The van der Waals surface area contributed by atoms with Crippen molar-refractivity contribution in [2.45, 2.75) is 44.9 Å². The molecule has 0 amide bonds. The molecule has 2 aliphatic carbocycles. The summed E-state index contributed by atoms with van der Waals surface area (Å²) < 4.78 is 0. The highest BCUT2D eigenvalue weighted by Crippen LogP contribution is 2.69. The topological polar surface area (TPSA) is 62.5 Å². The van der Waals surface area contributed by atoms with Gasteiger partial charge in [0.1, 0.15) is 0 Å². The molecule has 0 aliphatic heterocycles. The Balaban J connectivity index is 1.01. The van der Waals surface area contributed by atoms with Gasteiger partial charge in [-0.2, -0.15) is 5.26 Å². The van der Waals surface area contributed by atoms with Crippen LogP contribution in [0.2, 0.25) is 0 Å². The van der Waals surface area contributed by atoms with Crippen LogP contribution in [-0.2, 0) is 5.41 Å². The summed E-state index contributed by atoms with van der Waals surface area (Å²) in [5.41, 5.74) is 12.2. The molecule has 2 aliphatic rings. The van der Waals surface area contributed by atoms with Crippen LogP contribution in [0.3, 0.4) is 0 Å². The number of nitrogens with zero attached hydrogens (tertiary/aromatic N) is 4. The zero-order valence-electron chi connectivity index (χ0n) is 35.1. The van der Waals surface area contributed by atoms with E-state index in [-0.39, 0.29) is 0 Å². The Bertz CT molecular complexity index is 3090. The monoisotopic (exact) mass is 798 g/mol. The second kappa shape index (κ2) is 15.4. The second-order valence-corrected chi connectivity index (χ2v) is 17.4. The van der Waals surface area contributed by atoms with Crippen LogP contribution in [0.15, 0.2) is 176 Å². The maximum atomic E-state index is 9.50. The Morgan fingerprint density at radius 2 is 0.871 bits per heavy atom. The normalized spacial score (nSPS) is 19.0. The van der Waals surface area contributed by atoms with Crippen molar-refractivity contribution in [3.63, 3.8) is 0 Å². The molecule has 11 rings (SSSR count). The maximum Gasteiger partial charge on any atom is 0.164 e. The number of fused-ring (bicyclic) bond motifs is 3. The molecule has 62 heavy (non-hydrogen) atoms. The van der Waals surface area contributed by atoms with Gasteiger partial charge in [-0.1, -0.05) is 184 Å². The van der Waals surface area contributed by atoms with Gasteiger partial charge in [0, 0.05) is 16.7 Å². The van der Waals surface area contributed by atoms with Crippen LogP contribution < -0.4 is 0 Å². The first-order valence-corrected chi connectivity index (χ1v) is 22.1. The van der Waals surface area contributed by atoms with Gasteiger partial charge in [0.15, 0.2) is 17.5 Å². The molecule has 8 aromatic carbocycles. The van der Waals surface area contributed by atoms with E-state index >= 15 is 0 Å². The van der Waals surface area contributed by atoms with E-state index in [1.165, 1.54) is 63.9 Å². The molecule has 4 atom stereocenters. The highest BCUT2D eigenvalue weighted by molar-refractivity contribution is 6.21. The minimum Gasteiger partial charge on any atom is -0.208 e. The Kier molecular flexibility index (Phi) is 9.35. The molecule has 2 unspecified atom stereocenters. The van der Waals surface area contributed by atoms with Crippen LogP contribution >= 0.6 is 0 Å². The van der Waals surface area contributed by atoms with Gasteiger partial charge in [-0.25, -0.2) is 15.0 Å². The number of nitriles is 1. The van der Waals surface area contributed by atoms with Gasteiger partial charge in [-0.3, -0.25) is 0 Å². The summed E-state index contributed by atoms with van der Waals surface area (Å²) >= 11 is 0. The predicted molar refractivity (Wildman–Crippen MR) is 254 cm³/mol. The number of hydrogen-bond acceptors (Lipinski definition) is 4. The highest BCUT2D eigenvalue weighted by atomic mass is 15.0. The number of rotatable bonds is 9. The van der Waals surface area contributed by atoms with E-state index in [1.54, 1.807) is 0 Å². The fraction of sp³-hybridized carbons (Fsp3) is 0.172. The Morgan fingerprint density at radius 1 is 0.452 bits per heavy atom. The van der Waals surface area contributed by atoms with Crippen LogP contribution in [0.25, 0.3) is 89.1 Å². The van der Waals surface area contributed by atoms with Crippen molar-refractivity contribution in [1.29, 1.82) is 5.26 Å². The zero-order chi connectivity index (χ0) is 41.8. The fourth-order valence-electron chi connectivity index (χ4n) is 11.2. The number of benzene rings is 8. The molecular weight excluding hydrogens is 753 g/mol. The lowest BCUT2D eigenvalue weighted by Crippen LogP contribution is -2.63. The minimum absolute atomic E-state index is 0.343. The average Bonchev–Trinajstić information content (AvgIpc) is 3.34. The molecule has 0 spiro atoms. The van der Waals surface area contributed by atoms with E-state index in [2.05, 4.69) is 178 Å². The molecule has 0 saturated heterocycles. The summed E-state index contributed by atoms with van der Waals surface area (Å²) in [5, 5.41) is 14.2. The molecule has 4 heteroatoms. The smallest absolute Gasteiger partial charge is 0.164 e. The molecule has 0 N–H and O–H groups in total. The van der Waals surface area contributed by atoms with Crippen molar-refractivity contribution in [3.05, 3.63) is 187 Å². The molecule has 9 aromatic rings. The highest BCUT2D eigenvalue weighted by Gasteiger charge is 2.63. The largest absolute Gasteiger partial charge is 0.208 e. The van der Waals surface area contributed by atoms with E-state index in [0.717, 1.165) is 56.7 Å². The molecule has 4 nitrogen and oxygen atoms in total. The molecule has 0 bridgehead atoms. The third kappa shape index (κ3) is 6.22. The van der Waals surface area contributed by atoms with Crippen molar-refractivity contribution in [2.75, 3.05) is 0 Å². The van der Waals surface area contributed by atoms with Crippen LogP contribution in [-0.4, -0.2) is 15.0 Å². The van der Waals surface area contributed by atoms with Crippen molar-refractivity contribution >= 4 is 21.5 Å². The maximum absolute atomic E-state index is 9.50. The lowest BCUT2D eigenvalue weighted by molar-refractivity contribution is -0.126. The zero-order valence-corrected chi connectivity index (χ0v) is 35.1. The van der Waals surface area contributed by atoms with Crippen molar-refractivity contribution in [1.82, 2.24) is 15.0 Å². The van der Waals surface area contributed by atoms with Crippen molar-refractivity contribution in [2.24, 2.45) is 17.8 Å². The average molecular weight is 799 g/mol. The Hall–Kier alpha value is -7.22. The van der Waals surface area contributed by atoms with E-state index in [1.807, 2.05) is 18.2 Å². The van der Waals surface area contributed by atoms with Crippen molar-refractivity contribution < 1.29 is 0 Å². The first-order valence-electron chi connectivity index (χ1n) is 22.1. The summed E-state index contributed by atoms with van der Waals surface area (Å²) in [6.07, 6.45) is 5.18. The molecule has 0 radical (unpaired) electrons. The van der Waals surface area contributed by atoms with Gasteiger partial charge in [0.25, 0.3) is 0 Å². The summed E-state index contributed by atoms with van der Waals surface area (Å²) in [6.45, 7) is 4.73. The first-order chi connectivity index (χ1) is 30.5. The minimum atomic E-state index is 0.343. The molecule has 1 aromatic heterocycles. The van der Waals surface area contributed by atoms with Crippen LogP contribution in [0.4, 0.5) is 0 Å². The van der Waals surface area contributed by atoms with Crippen molar-refractivity contribution in [3.8, 4) is 73.6 Å².